The fourth-order valence-corrected chi connectivity index (χ4v) is 1.83. The number of hydrogen-bond acceptors (Lipinski definition) is 2. The third kappa shape index (κ3) is 3.66. The molecule has 0 unspecified atom stereocenters. The number of halogens is 3. The van der Waals surface area contributed by atoms with Crippen LogP contribution in [0.15, 0.2) is 0 Å². The Labute approximate surface area is 93.2 Å². The minimum atomic E-state index is -4.74. The molecule has 1 saturated heterocycles. The summed E-state index contributed by atoms with van der Waals surface area (Å²) in [7, 11) is 0. The Bertz CT molecular complexity index is 245. The second-order valence-corrected chi connectivity index (χ2v) is 4.48. The Balaban J connectivity index is 2.40. The molecule has 0 spiro atoms. The van der Waals surface area contributed by atoms with Crippen LogP contribution in [0.2, 0.25) is 0 Å². The summed E-state index contributed by atoms with van der Waals surface area (Å²) < 4.78 is 36.4. The highest BCUT2D eigenvalue weighted by Crippen LogP contribution is 2.19. The summed E-state index contributed by atoms with van der Waals surface area (Å²) in [6, 6.07) is 0. The zero-order valence-electron chi connectivity index (χ0n) is 9.55. The summed E-state index contributed by atoms with van der Waals surface area (Å²) in [6.45, 7) is 6.39. The van der Waals surface area contributed by atoms with Crippen LogP contribution in [-0.4, -0.2) is 54.6 Å². The van der Waals surface area contributed by atoms with E-state index in [1.165, 1.54) is 0 Å². The average Bonchev–Trinajstić information content (AvgIpc) is 2.15. The van der Waals surface area contributed by atoms with E-state index in [2.05, 4.69) is 18.7 Å². The van der Waals surface area contributed by atoms with Gasteiger partial charge in [0.1, 0.15) is 0 Å². The van der Waals surface area contributed by atoms with Crippen molar-refractivity contribution in [3.05, 3.63) is 0 Å². The maximum Gasteiger partial charge on any atom is 0.471 e. The van der Waals surface area contributed by atoms with Crippen LogP contribution >= 0.6 is 0 Å². The van der Waals surface area contributed by atoms with Crippen LogP contribution in [0, 0.1) is 5.92 Å². The molecule has 1 aliphatic heterocycles. The first-order chi connectivity index (χ1) is 7.30. The summed E-state index contributed by atoms with van der Waals surface area (Å²) in [4.78, 5) is 13.9. The van der Waals surface area contributed by atoms with Gasteiger partial charge in [-0.1, -0.05) is 13.8 Å². The van der Waals surface area contributed by atoms with Gasteiger partial charge in [0.25, 0.3) is 0 Å². The standard InChI is InChI=1S/C10H17F3N2O/c1-8(2)7-14-3-5-15(6-4-14)9(16)10(11,12)13/h8H,3-7H2,1-2H3. The molecular formula is C10H17F3N2O. The maximum atomic E-state index is 12.1. The second kappa shape index (κ2) is 5.03. The van der Waals surface area contributed by atoms with Crippen LogP contribution in [0.25, 0.3) is 0 Å². The van der Waals surface area contributed by atoms with Gasteiger partial charge in [-0.25, -0.2) is 0 Å². The van der Waals surface area contributed by atoms with Crippen molar-refractivity contribution in [3.8, 4) is 0 Å². The van der Waals surface area contributed by atoms with Crippen LogP contribution < -0.4 is 0 Å². The van der Waals surface area contributed by atoms with E-state index in [9.17, 15) is 18.0 Å². The Hall–Kier alpha value is -0.780. The number of carbonyl (C=O) groups excluding carboxylic acids is 1. The lowest BCUT2D eigenvalue weighted by Crippen LogP contribution is -2.52. The molecule has 0 aromatic carbocycles. The van der Waals surface area contributed by atoms with Gasteiger partial charge in [0, 0.05) is 32.7 Å². The summed E-state index contributed by atoms with van der Waals surface area (Å²) in [5.74, 6) is -1.22. The van der Waals surface area contributed by atoms with Crippen molar-refractivity contribution in [2.75, 3.05) is 32.7 Å². The number of piperazine rings is 1. The Morgan fingerprint density at radius 2 is 1.69 bits per heavy atom. The molecule has 1 fully saturated rings. The quantitative estimate of drug-likeness (QED) is 0.725. The molecule has 1 heterocycles. The van der Waals surface area contributed by atoms with Crippen LogP contribution in [0.5, 0.6) is 0 Å². The highest BCUT2D eigenvalue weighted by Gasteiger charge is 2.43. The van der Waals surface area contributed by atoms with E-state index in [4.69, 9.17) is 0 Å². The van der Waals surface area contributed by atoms with E-state index in [0.717, 1.165) is 11.4 Å². The van der Waals surface area contributed by atoms with Crippen molar-refractivity contribution >= 4 is 5.91 Å². The number of rotatable bonds is 2. The van der Waals surface area contributed by atoms with Gasteiger partial charge in [-0.05, 0) is 5.92 Å². The SMILES string of the molecule is CC(C)CN1CCN(C(=O)C(F)(F)F)CC1. The van der Waals surface area contributed by atoms with E-state index >= 15 is 0 Å². The van der Waals surface area contributed by atoms with E-state index in [1.54, 1.807) is 0 Å². The van der Waals surface area contributed by atoms with Gasteiger partial charge in [-0.15, -0.1) is 0 Å². The normalized spacial score (nSPS) is 19.2. The fourth-order valence-electron chi connectivity index (χ4n) is 1.83. The number of alkyl halides is 3. The topological polar surface area (TPSA) is 23.6 Å². The lowest BCUT2D eigenvalue weighted by molar-refractivity contribution is -0.187. The molecule has 1 rings (SSSR count). The van der Waals surface area contributed by atoms with Crippen molar-refractivity contribution in [2.24, 2.45) is 5.92 Å². The zero-order valence-corrected chi connectivity index (χ0v) is 9.55. The third-order valence-corrected chi connectivity index (χ3v) is 2.53. The van der Waals surface area contributed by atoms with Gasteiger partial charge in [0.05, 0.1) is 0 Å². The first-order valence-electron chi connectivity index (χ1n) is 5.39. The van der Waals surface area contributed by atoms with Gasteiger partial charge in [-0.3, -0.25) is 9.69 Å². The molecule has 0 bridgehead atoms. The van der Waals surface area contributed by atoms with Crippen molar-refractivity contribution in [2.45, 2.75) is 20.0 Å². The predicted molar refractivity (Wildman–Crippen MR) is 53.9 cm³/mol. The lowest BCUT2D eigenvalue weighted by Gasteiger charge is -2.35. The van der Waals surface area contributed by atoms with Crippen molar-refractivity contribution in [1.29, 1.82) is 0 Å². The van der Waals surface area contributed by atoms with Crippen LogP contribution in [0.1, 0.15) is 13.8 Å². The van der Waals surface area contributed by atoms with Crippen molar-refractivity contribution in [1.82, 2.24) is 9.80 Å². The Morgan fingerprint density at radius 1 is 1.19 bits per heavy atom. The molecule has 0 radical (unpaired) electrons. The average molecular weight is 238 g/mol. The molecule has 1 aliphatic rings. The molecule has 0 N–H and O–H groups in total. The summed E-state index contributed by atoms with van der Waals surface area (Å²) in [5, 5.41) is 0. The summed E-state index contributed by atoms with van der Waals surface area (Å²) in [6.07, 6.45) is -4.74. The Kier molecular flexibility index (Phi) is 4.18. The van der Waals surface area contributed by atoms with Gasteiger partial charge >= 0.3 is 12.1 Å². The highest BCUT2D eigenvalue weighted by atomic mass is 19.4. The van der Waals surface area contributed by atoms with Gasteiger partial charge in [0.2, 0.25) is 0 Å². The molecular weight excluding hydrogens is 221 g/mol. The van der Waals surface area contributed by atoms with Gasteiger partial charge < -0.3 is 4.90 Å². The number of carbonyl (C=O) groups is 1. The fraction of sp³-hybridized carbons (Fsp3) is 0.900. The molecule has 0 aromatic heterocycles. The minimum Gasteiger partial charge on any atom is -0.332 e. The van der Waals surface area contributed by atoms with E-state index in [-0.39, 0.29) is 13.1 Å². The van der Waals surface area contributed by atoms with E-state index < -0.39 is 12.1 Å². The van der Waals surface area contributed by atoms with E-state index in [1.807, 2.05) is 0 Å². The molecule has 3 nitrogen and oxygen atoms in total. The third-order valence-electron chi connectivity index (χ3n) is 2.53. The zero-order chi connectivity index (χ0) is 12.3. The molecule has 16 heavy (non-hydrogen) atoms. The number of nitrogens with zero attached hydrogens (tertiary/aromatic N) is 2. The molecule has 0 saturated carbocycles. The summed E-state index contributed by atoms with van der Waals surface area (Å²) >= 11 is 0. The maximum absolute atomic E-state index is 12.1. The first-order valence-corrected chi connectivity index (χ1v) is 5.39. The molecule has 6 heteroatoms. The molecule has 94 valence electrons. The highest BCUT2D eigenvalue weighted by molar-refractivity contribution is 5.81. The summed E-state index contributed by atoms with van der Waals surface area (Å²) in [5.41, 5.74) is 0. The van der Waals surface area contributed by atoms with Crippen molar-refractivity contribution < 1.29 is 18.0 Å². The smallest absolute Gasteiger partial charge is 0.332 e. The van der Waals surface area contributed by atoms with Crippen LogP contribution in [0.3, 0.4) is 0 Å². The number of amides is 1. The van der Waals surface area contributed by atoms with Gasteiger partial charge in [0.15, 0.2) is 0 Å². The van der Waals surface area contributed by atoms with Gasteiger partial charge in [-0.2, -0.15) is 13.2 Å². The molecule has 0 aliphatic carbocycles. The first kappa shape index (κ1) is 13.3. The predicted octanol–water partition coefficient (Wildman–Crippen LogP) is 1.35. The van der Waals surface area contributed by atoms with Crippen molar-refractivity contribution in [3.63, 3.8) is 0 Å². The minimum absolute atomic E-state index is 0.172. The van der Waals surface area contributed by atoms with E-state index in [0.29, 0.717) is 19.0 Å². The molecule has 0 atom stereocenters. The number of hydrogen-bond donors (Lipinski definition) is 0. The monoisotopic (exact) mass is 238 g/mol. The van der Waals surface area contributed by atoms with Crippen LogP contribution in [-0.2, 0) is 4.79 Å². The molecule has 0 aromatic rings. The lowest BCUT2D eigenvalue weighted by atomic mass is 10.2. The second-order valence-electron chi connectivity index (χ2n) is 4.48. The Morgan fingerprint density at radius 3 is 2.06 bits per heavy atom. The largest absolute Gasteiger partial charge is 0.471 e. The van der Waals surface area contributed by atoms with Crippen LogP contribution in [0.4, 0.5) is 13.2 Å². The molecule has 1 amide bonds.